The van der Waals surface area contributed by atoms with E-state index in [-0.39, 0.29) is 22.6 Å². The fourth-order valence-electron chi connectivity index (χ4n) is 3.00. The molecule has 0 fully saturated rings. The SMILES string of the molecule is COc1c(-c2cccc(C(=O)O)c2)cc(-c2cccc(C(=O)O)c2)cc1[N+](=O)[O-]. The van der Waals surface area contributed by atoms with E-state index in [9.17, 15) is 29.9 Å². The Morgan fingerprint density at radius 3 is 1.93 bits per heavy atom. The van der Waals surface area contributed by atoms with E-state index in [1.54, 1.807) is 24.3 Å². The number of carbonyl (C=O) groups is 2. The molecule has 0 aliphatic rings. The molecule has 2 N–H and O–H groups in total. The average molecular weight is 393 g/mol. The van der Waals surface area contributed by atoms with Crippen molar-refractivity contribution in [3.63, 3.8) is 0 Å². The molecule has 0 aliphatic carbocycles. The topological polar surface area (TPSA) is 127 Å². The van der Waals surface area contributed by atoms with Crippen molar-refractivity contribution in [3.05, 3.63) is 81.9 Å². The molecule has 29 heavy (non-hydrogen) atoms. The first-order valence-electron chi connectivity index (χ1n) is 8.35. The molecule has 0 atom stereocenters. The maximum absolute atomic E-state index is 11.6. The van der Waals surface area contributed by atoms with Gasteiger partial charge in [0, 0.05) is 11.6 Å². The molecule has 146 valence electrons. The summed E-state index contributed by atoms with van der Waals surface area (Å²) < 4.78 is 5.26. The lowest BCUT2D eigenvalue weighted by atomic mass is 9.95. The minimum Gasteiger partial charge on any atom is -0.490 e. The van der Waals surface area contributed by atoms with E-state index >= 15 is 0 Å². The summed E-state index contributed by atoms with van der Waals surface area (Å²) in [6, 6.07) is 14.8. The van der Waals surface area contributed by atoms with E-state index in [0.29, 0.717) is 22.3 Å². The number of methoxy groups -OCH3 is 1. The number of carboxylic acid groups (broad SMARTS) is 2. The van der Waals surface area contributed by atoms with Gasteiger partial charge < -0.3 is 14.9 Å². The largest absolute Gasteiger partial charge is 0.490 e. The Kier molecular flexibility index (Phi) is 5.27. The van der Waals surface area contributed by atoms with Crippen LogP contribution >= 0.6 is 0 Å². The molecule has 0 radical (unpaired) electrons. The molecule has 0 saturated heterocycles. The Morgan fingerprint density at radius 2 is 1.41 bits per heavy atom. The lowest BCUT2D eigenvalue weighted by molar-refractivity contribution is -0.385. The number of rotatable bonds is 6. The van der Waals surface area contributed by atoms with Gasteiger partial charge in [0.15, 0.2) is 0 Å². The van der Waals surface area contributed by atoms with Crippen molar-refractivity contribution in [2.75, 3.05) is 7.11 Å². The second-order valence-electron chi connectivity index (χ2n) is 6.11. The first kappa shape index (κ1) is 19.6. The highest BCUT2D eigenvalue weighted by Gasteiger charge is 2.23. The van der Waals surface area contributed by atoms with E-state index < -0.39 is 16.9 Å². The summed E-state index contributed by atoms with van der Waals surface area (Å²) in [6.45, 7) is 0. The monoisotopic (exact) mass is 393 g/mol. The maximum atomic E-state index is 11.6. The van der Waals surface area contributed by atoms with Crippen LogP contribution in [0.1, 0.15) is 20.7 Å². The number of hydrogen-bond acceptors (Lipinski definition) is 5. The van der Waals surface area contributed by atoms with E-state index in [4.69, 9.17) is 4.74 Å². The van der Waals surface area contributed by atoms with Crippen LogP contribution in [0.4, 0.5) is 5.69 Å². The smallest absolute Gasteiger partial charge is 0.335 e. The molecule has 8 heteroatoms. The van der Waals surface area contributed by atoms with Gasteiger partial charge in [-0.15, -0.1) is 0 Å². The van der Waals surface area contributed by atoms with Crippen LogP contribution in [0.25, 0.3) is 22.3 Å². The highest BCUT2D eigenvalue weighted by Crippen LogP contribution is 2.42. The summed E-state index contributed by atoms with van der Waals surface area (Å²) in [6.07, 6.45) is 0. The summed E-state index contributed by atoms with van der Waals surface area (Å²) in [5.74, 6) is -2.27. The molecule has 3 rings (SSSR count). The zero-order valence-corrected chi connectivity index (χ0v) is 15.2. The van der Waals surface area contributed by atoms with E-state index in [2.05, 4.69) is 0 Å². The number of benzene rings is 3. The Hall–Kier alpha value is -4.20. The summed E-state index contributed by atoms with van der Waals surface area (Å²) in [4.78, 5) is 33.6. The van der Waals surface area contributed by atoms with Crippen molar-refractivity contribution < 1.29 is 29.5 Å². The number of hydrogen-bond donors (Lipinski definition) is 2. The molecule has 0 aromatic heterocycles. The summed E-state index contributed by atoms with van der Waals surface area (Å²) in [5, 5.41) is 30.1. The first-order valence-corrected chi connectivity index (χ1v) is 8.35. The van der Waals surface area contributed by atoms with Gasteiger partial charge in [-0.25, -0.2) is 9.59 Å². The molecule has 0 aliphatic heterocycles. The Labute approximate surface area is 164 Å². The number of ether oxygens (including phenoxy) is 1. The van der Waals surface area contributed by atoms with Crippen LogP contribution in [0.2, 0.25) is 0 Å². The van der Waals surface area contributed by atoms with Crippen molar-refractivity contribution in [1.29, 1.82) is 0 Å². The van der Waals surface area contributed by atoms with Gasteiger partial charge in [-0.2, -0.15) is 0 Å². The van der Waals surface area contributed by atoms with Crippen molar-refractivity contribution in [2.45, 2.75) is 0 Å². The molecule has 0 unspecified atom stereocenters. The molecule has 3 aromatic rings. The predicted octanol–water partition coefficient (Wildman–Crippen LogP) is 4.33. The van der Waals surface area contributed by atoms with E-state index in [0.717, 1.165) is 0 Å². The fraction of sp³-hybridized carbons (Fsp3) is 0.0476. The van der Waals surface area contributed by atoms with Gasteiger partial charge in [0.2, 0.25) is 5.75 Å². The van der Waals surface area contributed by atoms with Crippen molar-refractivity contribution in [1.82, 2.24) is 0 Å². The molecule has 0 bridgehead atoms. The van der Waals surface area contributed by atoms with Gasteiger partial charge in [0.05, 0.1) is 23.2 Å². The molecule has 8 nitrogen and oxygen atoms in total. The van der Waals surface area contributed by atoms with Gasteiger partial charge in [0.25, 0.3) is 0 Å². The lowest BCUT2D eigenvalue weighted by Gasteiger charge is -2.13. The van der Waals surface area contributed by atoms with Gasteiger partial charge >= 0.3 is 17.6 Å². The van der Waals surface area contributed by atoms with Gasteiger partial charge in [-0.3, -0.25) is 10.1 Å². The molecule has 0 amide bonds. The van der Waals surface area contributed by atoms with Crippen LogP contribution in [-0.2, 0) is 0 Å². The third kappa shape index (κ3) is 3.91. The molecular formula is C21H15NO7. The van der Waals surface area contributed by atoms with Crippen LogP contribution in [0.3, 0.4) is 0 Å². The second-order valence-corrected chi connectivity index (χ2v) is 6.11. The zero-order valence-electron chi connectivity index (χ0n) is 15.2. The van der Waals surface area contributed by atoms with Crippen molar-refractivity contribution in [2.24, 2.45) is 0 Å². The fourth-order valence-corrected chi connectivity index (χ4v) is 3.00. The predicted molar refractivity (Wildman–Crippen MR) is 104 cm³/mol. The summed E-state index contributed by atoms with van der Waals surface area (Å²) in [7, 11) is 1.29. The number of aromatic carboxylic acids is 2. The molecule has 3 aromatic carbocycles. The van der Waals surface area contributed by atoms with Crippen LogP contribution in [0.5, 0.6) is 5.75 Å². The molecule has 0 heterocycles. The number of nitro benzene ring substituents is 1. The van der Waals surface area contributed by atoms with Crippen molar-refractivity contribution >= 4 is 17.6 Å². The lowest BCUT2D eigenvalue weighted by Crippen LogP contribution is -2.00. The van der Waals surface area contributed by atoms with Crippen LogP contribution in [0.15, 0.2) is 60.7 Å². The second kappa shape index (κ2) is 7.81. The third-order valence-electron chi connectivity index (χ3n) is 4.33. The van der Waals surface area contributed by atoms with Crippen LogP contribution in [0, 0.1) is 10.1 Å². The molecule has 0 spiro atoms. The first-order chi connectivity index (χ1) is 13.8. The average Bonchev–Trinajstić information content (AvgIpc) is 2.72. The van der Waals surface area contributed by atoms with E-state index in [1.165, 1.54) is 43.5 Å². The van der Waals surface area contributed by atoms with Gasteiger partial charge in [-0.1, -0.05) is 24.3 Å². The molecular weight excluding hydrogens is 378 g/mol. The molecule has 0 saturated carbocycles. The van der Waals surface area contributed by atoms with E-state index in [1.807, 2.05) is 0 Å². The van der Waals surface area contributed by atoms with Gasteiger partial charge in [-0.05, 0) is 47.0 Å². The minimum absolute atomic E-state index is 0.0179. The number of nitrogens with zero attached hydrogens (tertiary/aromatic N) is 1. The highest BCUT2D eigenvalue weighted by atomic mass is 16.6. The summed E-state index contributed by atoms with van der Waals surface area (Å²) in [5.41, 5.74) is 1.34. The standard InChI is InChI=1S/C21H15NO7/c1-29-19-17(13-5-3-7-15(9-13)21(25)26)10-16(11-18(19)22(27)28)12-4-2-6-14(8-12)20(23)24/h2-11H,1H3,(H,23,24)(H,25,26). The maximum Gasteiger partial charge on any atom is 0.335 e. The zero-order chi connectivity index (χ0) is 21.1. The number of carboxylic acids is 2. The summed E-state index contributed by atoms with van der Waals surface area (Å²) >= 11 is 0. The third-order valence-corrected chi connectivity index (χ3v) is 4.33. The number of nitro groups is 1. The quantitative estimate of drug-likeness (QED) is 0.471. The van der Waals surface area contributed by atoms with Gasteiger partial charge in [0.1, 0.15) is 0 Å². The Balaban J connectivity index is 2.29. The Morgan fingerprint density at radius 1 is 0.862 bits per heavy atom. The highest BCUT2D eigenvalue weighted by molar-refractivity contribution is 5.92. The van der Waals surface area contributed by atoms with Crippen LogP contribution < -0.4 is 4.74 Å². The van der Waals surface area contributed by atoms with Crippen molar-refractivity contribution in [3.8, 4) is 28.0 Å². The minimum atomic E-state index is -1.13. The van der Waals surface area contributed by atoms with Crippen LogP contribution in [-0.4, -0.2) is 34.2 Å². The Bertz CT molecular complexity index is 1140. The normalized spacial score (nSPS) is 10.4.